The molecule has 1 N–H and O–H groups in total. The lowest BCUT2D eigenvalue weighted by Crippen LogP contribution is -2.49. The number of nitrogens with zero attached hydrogens (tertiary/aromatic N) is 2. The lowest BCUT2D eigenvalue weighted by molar-refractivity contribution is -0.384. The molecule has 0 saturated carbocycles. The van der Waals surface area contributed by atoms with Crippen LogP contribution in [0.3, 0.4) is 0 Å². The minimum atomic E-state index is -0.455. The van der Waals surface area contributed by atoms with Gasteiger partial charge < -0.3 is 10.2 Å². The molecule has 1 aliphatic heterocycles. The molecule has 0 aliphatic carbocycles. The van der Waals surface area contributed by atoms with Gasteiger partial charge in [0.1, 0.15) is 11.5 Å². The zero-order valence-electron chi connectivity index (χ0n) is 9.82. The van der Waals surface area contributed by atoms with Crippen molar-refractivity contribution >= 4 is 34.0 Å². The number of nitrogens with one attached hydrogen (secondary N) is 1. The van der Waals surface area contributed by atoms with Crippen LogP contribution < -0.4 is 10.2 Å². The zero-order valence-corrected chi connectivity index (χ0v) is 12.0. The van der Waals surface area contributed by atoms with E-state index in [1.165, 1.54) is 12.1 Å². The Bertz CT molecular complexity index is 484. The van der Waals surface area contributed by atoms with E-state index in [9.17, 15) is 14.5 Å². The monoisotopic (exact) mass is 365 g/mol. The van der Waals surface area contributed by atoms with Crippen LogP contribution in [0.2, 0.25) is 0 Å². The van der Waals surface area contributed by atoms with Gasteiger partial charge in [0, 0.05) is 37.8 Å². The van der Waals surface area contributed by atoms with Crippen molar-refractivity contribution in [3.05, 3.63) is 31.6 Å². The molecule has 7 heteroatoms. The summed E-state index contributed by atoms with van der Waals surface area (Å²) >= 11 is 1.76. The summed E-state index contributed by atoms with van der Waals surface area (Å²) in [6.45, 7) is 4.03. The first-order valence-electron chi connectivity index (χ1n) is 5.61. The number of hydrogen-bond donors (Lipinski definition) is 1. The molecule has 5 nitrogen and oxygen atoms in total. The molecule has 18 heavy (non-hydrogen) atoms. The summed E-state index contributed by atoms with van der Waals surface area (Å²) in [5, 5.41) is 14.3. The van der Waals surface area contributed by atoms with Crippen molar-refractivity contribution in [2.24, 2.45) is 0 Å². The molecule has 1 atom stereocenters. The van der Waals surface area contributed by atoms with Gasteiger partial charge in [-0.2, -0.15) is 0 Å². The summed E-state index contributed by atoms with van der Waals surface area (Å²) in [7, 11) is 0. The van der Waals surface area contributed by atoms with Gasteiger partial charge in [0.25, 0.3) is 5.69 Å². The van der Waals surface area contributed by atoms with Crippen LogP contribution in [-0.2, 0) is 0 Å². The highest BCUT2D eigenvalue weighted by atomic mass is 127. The van der Waals surface area contributed by atoms with Crippen molar-refractivity contribution in [2.75, 3.05) is 24.5 Å². The van der Waals surface area contributed by atoms with Gasteiger partial charge in [0.05, 0.1) is 8.49 Å². The molecule has 2 rings (SSSR count). The number of piperazine rings is 1. The average Bonchev–Trinajstić information content (AvgIpc) is 2.31. The van der Waals surface area contributed by atoms with Crippen LogP contribution in [0.1, 0.15) is 6.92 Å². The normalized spacial score (nSPS) is 19.9. The number of halogens is 2. The predicted octanol–water partition coefficient (Wildman–Crippen LogP) is 2.14. The number of rotatable bonds is 2. The molecule has 1 heterocycles. The highest BCUT2D eigenvalue weighted by molar-refractivity contribution is 14.1. The molecule has 0 aromatic heterocycles. The van der Waals surface area contributed by atoms with Crippen molar-refractivity contribution in [3.63, 3.8) is 0 Å². The fourth-order valence-electron chi connectivity index (χ4n) is 2.08. The third kappa shape index (κ3) is 2.72. The summed E-state index contributed by atoms with van der Waals surface area (Å²) in [6.07, 6.45) is 0. The Morgan fingerprint density at radius 3 is 2.94 bits per heavy atom. The topological polar surface area (TPSA) is 58.4 Å². The molecule has 0 unspecified atom stereocenters. The lowest BCUT2D eigenvalue weighted by Gasteiger charge is -2.33. The highest BCUT2D eigenvalue weighted by Crippen LogP contribution is 2.32. The molecule has 0 amide bonds. The smallest absolute Gasteiger partial charge is 0.293 e. The molecule has 0 bridgehead atoms. The molecule has 1 saturated heterocycles. The molecular weight excluding hydrogens is 352 g/mol. The third-order valence-electron chi connectivity index (χ3n) is 2.92. The highest BCUT2D eigenvalue weighted by Gasteiger charge is 2.25. The van der Waals surface area contributed by atoms with Crippen molar-refractivity contribution in [1.29, 1.82) is 0 Å². The number of benzene rings is 1. The standard InChI is InChI=1S/C11H13FIN3O2/c1-7-6-15(3-2-14-7)10-4-8(12)9(13)5-11(10)16(17)18/h4-5,7,14H,2-3,6H2,1H3/t7-/m1/s1. The maximum Gasteiger partial charge on any atom is 0.293 e. The van der Waals surface area contributed by atoms with E-state index >= 15 is 0 Å². The Hall–Kier alpha value is -0.960. The quantitative estimate of drug-likeness (QED) is 0.496. The van der Waals surface area contributed by atoms with E-state index in [1.807, 2.05) is 11.8 Å². The molecule has 98 valence electrons. The van der Waals surface area contributed by atoms with Crippen LogP contribution in [0.25, 0.3) is 0 Å². The Morgan fingerprint density at radius 1 is 1.61 bits per heavy atom. The van der Waals surface area contributed by atoms with Gasteiger partial charge in [0.15, 0.2) is 0 Å². The SMILES string of the molecule is C[C@@H]1CN(c2cc(F)c(I)cc2[N+](=O)[O-])CCN1. The van der Waals surface area contributed by atoms with E-state index in [4.69, 9.17) is 0 Å². The second-order valence-corrected chi connectivity index (χ2v) is 5.48. The van der Waals surface area contributed by atoms with E-state index in [2.05, 4.69) is 5.32 Å². The van der Waals surface area contributed by atoms with E-state index in [0.29, 0.717) is 18.8 Å². The van der Waals surface area contributed by atoms with Gasteiger partial charge in [-0.25, -0.2) is 4.39 Å². The van der Waals surface area contributed by atoms with Crippen LogP contribution >= 0.6 is 22.6 Å². The van der Waals surface area contributed by atoms with Gasteiger partial charge in [0.2, 0.25) is 0 Å². The zero-order chi connectivity index (χ0) is 13.3. The van der Waals surface area contributed by atoms with E-state index < -0.39 is 10.7 Å². The van der Waals surface area contributed by atoms with E-state index in [-0.39, 0.29) is 15.3 Å². The van der Waals surface area contributed by atoms with Gasteiger partial charge >= 0.3 is 0 Å². The molecule has 1 aromatic rings. The predicted molar refractivity (Wildman–Crippen MR) is 75.4 cm³/mol. The van der Waals surface area contributed by atoms with Crippen molar-refractivity contribution in [2.45, 2.75) is 13.0 Å². The molecule has 1 aliphatic rings. The summed E-state index contributed by atoms with van der Waals surface area (Å²) in [6, 6.07) is 2.79. The first kappa shape index (κ1) is 13.5. The lowest BCUT2D eigenvalue weighted by atomic mass is 10.2. The van der Waals surface area contributed by atoms with Crippen LogP contribution in [0.4, 0.5) is 15.8 Å². The molecule has 0 spiro atoms. The number of anilines is 1. The second-order valence-electron chi connectivity index (χ2n) is 4.31. The number of hydrogen-bond acceptors (Lipinski definition) is 4. The van der Waals surface area contributed by atoms with Gasteiger partial charge in [-0.15, -0.1) is 0 Å². The van der Waals surface area contributed by atoms with Crippen LogP contribution in [0, 0.1) is 19.5 Å². The van der Waals surface area contributed by atoms with Crippen molar-refractivity contribution in [1.82, 2.24) is 5.32 Å². The first-order valence-corrected chi connectivity index (χ1v) is 6.68. The largest absolute Gasteiger partial charge is 0.363 e. The Balaban J connectivity index is 2.41. The summed E-state index contributed by atoms with van der Waals surface area (Å²) < 4.78 is 13.9. The fraction of sp³-hybridized carbons (Fsp3) is 0.455. The fourth-order valence-corrected chi connectivity index (χ4v) is 2.53. The van der Waals surface area contributed by atoms with Crippen molar-refractivity contribution < 1.29 is 9.31 Å². The number of nitro groups is 1. The summed E-state index contributed by atoms with van der Waals surface area (Å²) in [5.74, 6) is -0.414. The molecule has 1 aromatic carbocycles. The third-order valence-corrected chi connectivity index (χ3v) is 3.75. The number of nitro benzene ring substituents is 1. The Labute approximate surface area is 118 Å². The van der Waals surface area contributed by atoms with Crippen LogP contribution in [-0.4, -0.2) is 30.6 Å². The summed E-state index contributed by atoms with van der Waals surface area (Å²) in [4.78, 5) is 12.5. The van der Waals surface area contributed by atoms with Crippen molar-refractivity contribution in [3.8, 4) is 0 Å². The minimum Gasteiger partial charge on any atom is -0.363 e. The van der Waals surface area contributed by atoms with Gasteiger partial charge in [-0.05, 0) is 29.5 Å². The molecular formula is C11H13FIN3O2. The minimum absolute atomic E-state index is 0.0325. The first-order chi connectivity index (χ1) is 8.49. The van der Waals surface area contributed by atoms with Gasteiger partial charge in [-0.3, -0.25) is 10.1 Å². The van der Waals surface area contributed by atoms with Gasteiger partial charge in [-0.1, -0.05) is 0 Å². The summed E-state index contributed by atoms with van der Waals surface area (Å²) in [5.41, 5.74) is 0.334. The average molecular weight is 365 g/mol. The maximum absolute atomic E-state index is 13.6. The van der Waals surface area contributed by atoms with E-state index in [0.717, 1.165) is 6.54 Å². The Morgan fingerprint density at radius 2 is 2.33 bits per heavy atom. The Kier molecular flexibility index (Phi) is 4.00. The van der Waals surface area contributed by atoms with Crippen LogP contribution in [0.5, 0.6) is 0 Å². The van der Waals surface area contributed by atoms with Crippen LogP contribution in [0.15, 0.2) is 12.1 Å². The van der Waals surface area contributed by atoms with E-state index in [1.54, 1.807) is 22.6 Å². The second kappa shape index (κ2) is 5.35. The molecule has 1 fully saturated rings. The molecule has 0 radical (unpaired) electrons. The maximum atomic E-state index is 13.6.